The number of phenolic OH excluding ortho intramolecular Hbond substituents is 1. The van der Waals surface area contributed by atoms with Crippen molar-refractivity contribution >= 4 is 5.97 Å². The van der Waals surface area contributed by atoms with Crippen LogP contribution < -0.4 is 4.74 Å². The molecule has 0 fully saturated rings. The van der Waals surface area contributed by atoms with Crippen LogP contribution in [-0.2, 0) is 0 Å². The van der Waals surface area contributed by atoms with E-state index in [1.165, 1.54) is 6.07 Å². The van der Waals surface area contributed by atoms with E-state index in [0.717, 1.165) is 5.56 Å². The zero-order valence-corrected chi connectivity index (χ0v) is 10.4. The lowest BCUT2D eigenvalue weighted by atomic mass is 10.1. The molecule has 0 amide bonds. The molecule has 4 heteroatoms. The molecule has 0 aromatic heterocycles. The van der Waals surface area contributed by atoms with Gasteiger partial charge in [-0.05, 0) is 36.8 Å². The highest BCUT2D eigenvalue weighted by Crippen LogP contribution is 2.26. The average Bonchev–Trinajstić information content (AvgIpc) is 2.39. The van der Waals surface area contributed by atoms with Crippen molar-refractivity contribution in [1.82, 2.24) is 0 Å². The lowest BCUT2D eigenvalue weighted by molar-refractivity contribution is 0.0689. The Kier molecular flexibility index (Phi) is 3.71. The largest absolute Gasteiger partial charge is 0.508 e. The normalized spacial score (nSPS) is 11.8. The van der Waals surface area contributed by atoms with Crippen molar-refractivity contribution in [1.29, 1.82) is 0 Å². The Bertz CT molecular complexity index is 575. The minimum Gasteiger partial charge on any atom is -0.508 e. The molecule has 1 atom stereocenters. The molecule has 1 unspecified atom stereocenters. The van der Waals surface area contributed by atoms with Gasteiger partial charge in [0.2, 0.25) is 0 Å². The van der Waals surface area contributed by atoms with Crippen molar-refractivity contribution in [3.63, 3.8) is 0 Å². The zero-order chi connectivity index (χ0) is 13.8. The summed E-state index contributed by atoms with van der Waals surface area (Å²) in [5.41, 5.74) is 0.992. The van der Waals surface area contributed by atoms with E-state index < -0.39 is 5.97 Å². The summed E-state index contributed by atoms with van der Waals surface area (Å²) < 4.78 is 5.67. The summed E-state index contributed by atoms with van der Waals surface area (Å²) in [7, 11) is 0. The van der Waals surface area contributed by atoms with E-state index in [9.17, 15) is 9.90 Å². The monoisotopic (exact) mass is 258 g/mol. The minimum atomic E-state index is -1.02. The molecule has 19 heavy (non-hydrogen) atoms. The van der Waals surface area contributed by atoms with Crippen molar-refractivity contribution in [2.75, 3.05) is 0 Å². The number of hydrogen-bond acceptors (Lipinski definition) is 3. The molecule has 0 aliphatic carbocycles. The number of para-hydroxylation sites is 1. The van der Waals surface area contributed by atoms with Gasteiger partial charge in [0, 0.05) is 0 Å². The Labute approximate surface area is 110 Å². The maximum Gasteiger partial charge on any atom is 0.339 e. The first kappa shape index (κ1) is 13.0. The van der Waals surface area contributed by atoms with Gasteiger partial charge in [0.15, 0.2) is 0 Å². The Morgan fingerprint density at radius 1 is 1.11 bits per heavy atom. The predicted octanol–water partition coefficient (Wildman–Crippen LogP) is 3.23. The highest BCUT2D eigenvalue weighted by atomic mass is 16.5. The highest BCUT2D eigenvalue weighted by Gasteiger charge is 2.14. The number of carboxylic acid groups (broad SMARTS) is 1. The summed E-state index contributed by atoms with van der Waals surface area (Å²) in [6, 6.07) is 13.1. The molecule has 0 radical (unpaired) electrons. The van der Waals surface area contributed by atoms with Gasteiger partial charge in [-0.1, -0.05) is 24.3 Å². The average molecular weight is 258 g/mol. The van der Waals surface area contributed by atoms with Crippen molar-refractivity contribution in [3.8, 4) is 11.5 Å². The van der Waals surface area contributed by atoms with Crippen LogP contribution in [0.3, 0.4) is 0 Å². The summed E-state index contributed by atoms with van der Waals surface area (Å²) in [6.45, 7) is 1.82. The van der Waals surface area contributed by atoms with Gasteiger partial charge in [0.1, 0.15) is 23.2 Å². The van der Waals surface area contributed by atoms with Crippen molar-refractivity contribution < 1.29 is 19.7 Å². The van der Waals surface area contributed by atoms with E-state index in [1.54, 1.807) is 42.5 Å². The Morgan fingerprint density at radius 3 is 2.37 bits per heavy atom. The third-order valence-corrected chi connectivity index (χ3v) is 2.78. The summed E-state index contributed by atoms with van der Waals surface area (Å²) >= 11 is 0. The van der Waals surface area contributed by atoms with E-state index in [2.05, 4.69) is 0 Å². The van der Waals surface area contributed by atoms with Gasteiger partial charge in [0.05, 0.1) is 0 Å². The van der Waals surface area contributed by atoms with E-state index in [0.29, 0.717) is 5.75 Å². The molecule has 0 aliphatic rings. The first-order valence-electron chi connectivity index (χ1n) is 5.86. The standard InChI is InChI=1S/C15H14O4/c1-10(11-6-8-12(16)9-7-11)19-14-5-3-2-4-13(14)15(17)18/h2-10,16H,1H3,(H,17,18). The number of hydrogen-bond donors (Lipinski definition) is 2. The number of rotatable bonds is 4. The molecule has 98 valence electrons. The molecule has 2 N–H and O–H groups in total. The number of ether oxygens (including phenoxy) is 1. The predicted molar refractivity (Wildman–Crippen MR) is 70.6 cm³/mol. The van der Waals surface area contributed by atoms with E-state index >= 15 is 0 Å². The fourth-order valence-corrected chi connectivity index (χ4v) is 1.75. The van der Waals surface area contributed by atoms with Crippen LogP contribution in [0.25, 0.3) is 0 Å². The van der Waals surface area contributed by atoms with Gasteiger partial charge in [0.25, 0.3) is 0 Å². The molecule has 0 bridgehead atoms. The molecule has 2 rings (SSSR count). The maximum atomic E-state index is 11.1. The molecule has 0 saturated carbocycles. The summed E-state index contributed by atoms with van der Waals surface area (Å²) in [6.07, 6.45) is -0.305. The van der Waals surface area contributed by atoms with Crippen LogP contribution in [0, 0.1) is 0 Å². The second-order valence-electron chi connectivity index (χ2n) is 4.15. The fourth-order valence-electron chi connectivity index (χ4n) is 1.75. The number of aromatic hydroxyl groups is 1. The van der Waals surface area contributed by atoms with Crippen molar-refractivity contribution in [2.45, 2.75) is 13.0 Å². The van der Waals surface area contributed by atoms with Gasteiger partial charge in [-0.2, -0.15) is 0 Å². The quantitative estimate of drug-likeness (QED) is 0.883. The van der Waals surface area contributed by atoms with Gasteiger partial charge < -0.3 is 14.9 Å². The number of carboxylic acids is 1. The van der Waals surface area contributed by atoms with Gasteiger partial charge in [-0.3, -0.25) is 0 Å². The summed E-state index contributed by atoms with van der Waals surface area (Å²) in [5, 5.41) is 18.3. The SMILES string of the molecule is CC(Oc1ccccc1C(=O)O)c1ccc(O)cc1. The second-order valence-corrected chi connectivity index (χ2v) is 4.15. The van der Waals surface area contributed by atoms with E-state index in [-0.39, 0.29) is 17.4 Å². The topological polar surface area (TPSA) is 66.8 Å². The Balaban J connectivity index is 2.21. The first-order chi connectivity index (χ1) is 9.08. The zero-order valence-electron chi connectivity index (χ0n) is 10.4. The molecule has 2 aromatic rings. The molecule has 2 aromatic carbocycles. The van der Waals surface area contributed by atoms with Crippen LogP contribution in [0.5, 0.6) is 11.5 Å². The van der Waals surface area contributed by atoms with Crippen molar-refractivity contribution in [3.05, 3.63) is 59.7 Å². The lowest BCUT2D eigenvalue weighted by Gasteiger charge is -2.16. The molecule has 0 saturated heterocycles. The van der Waals surface area contributed by atoms with Gasteiger partial charge in [-0.25, -0.2) is 4.79 Å². The van der Waals surface area contributed by atoms with Crippen LogP contribution in [-0.4, -0.2) is 16.2 Å². The van der Waals surface area contributed by atoms with Gasteiger partial charge >= 0.3 is 5.97 Å². The molecular formula is C15H14O4. The number of carbonyl (C=O) groups is 1. The minimum absolute atomic E-state index is 0.133. The van der Waals surface area contributed by atoms with Crippen LogP contribution in [0.15, 0.2) is 48.5 Å². The van der Waals surface area contributed by atoms with Gasteiger partial charge in [-0.15, -0.1) is 0 Å². The Hall–Kier alpha value is -2.49. The van der Waals surface area contributed by atoms with E-state index in [4.69, 9.17) is 9.84 Å². The summed E-state index contributed by atoms with van der Waals surface area (Å²) in [4.78, 5) is 11.1. The Morgan fingerprint density at radius 2 is 1.74 bits per heavy atom. The lowest BCUT2D eigenvalue weighted by Crippen LogP contribution is -2.07. The van der Waals surface area contributed by atoms with Crippen LogP contribution in [0.1, 0.15) is 28.9 Å². The molecule has 0 heterocycles. The molecule has 4 nitrogen and oxygen atoms in total. The van der Waals surface area contributed by atoms with Crippen LogP contribution >= 0.6 is 0 Å². The number of benzene rings is 2. The smallest absolute Gasteiger partial charge is 0.339 e. The third-order valence-electron chi connectivity index (χ3n) is 2.78. The summed E-state index contributed by atoms with van der Waals surface area (Å²) in [5.74, 6) is -0.508. The van der Waals surface area contributed by atoms with Crippen molar-refractivity contribution in [2.24, 2.45) is 0 Å². The molecular weight excluding hydrogens is 244 g/mol. The first-order valence-corrected chi connectivity index (χ1v) is 5.86. The second kappa shape index (κ2) is 5.44. The maximum absolute atomic E-state index is 11.1. The highest BCUT2D eigenvalue weighted by molar-refractivity contribution is 5.90. The van der Waals surface area contributed by atoms with Crippen LogP contribution in [0.2, 0.25) is 0 Å². The number of phenols is 1. The fraction of sp³-hybridized carbons (Fsp3) is 0.133. The third kappa shape index (κ3) is 3.04. The number of aromatic carboxylic acids is 1. The van der Waals surface area contributed by atoms with E-state index in [1.807, 2.05) is 6.92 Å². The molecule has 0 spiro atoms. The van der Waals surface area contributed by atoms with Crippen LogP contribution in [0.4, 0.5) is 0 Å². The molecule has 0 aliphatic heterocycles.